The smallest absolute Gasteiger partial charge is 0.251 e. The fraction of sp³-hybridized carbons (Fsp3) is 0.261. The van der Waals surface area contributed by atoms with Crippen molar-refractivity contribution in [3.63, 3.8) is 0 Å². The van der Waals surface area contributed by atoms with Gasteiger partial charge >= 0.3 is 0 Å². The maximum absolute atomic E-state index is 12.7. The first kappa shape index (κ1) is 17.8. The molecule has 1 aliphatic carbocycles. The SMILES string of the molecule is O=c1cc(C2=CCc3ncc(N4CCOCC4)cc32)ccn1Cc1cccnc1. The lowest BCUT2D eigenvalue weighted by Gasteiger charge is -2.29. The van der Waals surface area contributed by atoms with Gasteiger partial charge in [0.05, 0.1) is 37.3 Å². The average Bonchev–Trinajstić information content (AvgIpc) is 3.20. The lowest BCUT2D eigenvalue weighted by Crippen LogP contribution is -2.36. The maximum atomic E-state index is 12.7. The summed E-state index contributed by atoms with van der Waals surface area (Å²) < 4.78 is 7.16. The van der Waals surface area contributed by atoms with E-state index in [0.29, 0.717) is 6.54 Å². The van der Waals surface area contributed by atoms with E-state index in [1.165, 1.54) is 0 Å². The molecular formula is C23H22N4O2. The predicted molar refractivity (Wildman–Crippen MR) is 112 cm³/mol. The topological polar surface area (TPSA) is 60.3 Å². The van der Waals surface area contributed by atoms with Gasteiger partial charge in [-0.1, -0.05) is 12.1 Å². The highest BCUT2D eigenvalue weighted by Gasteiger charge is 2.20. The highest BCUT2D eigenvalue weighted by Crippen LogP contribution is 2.33. The van der Waals surface area contributed by atoms with Gasteiger partial charge in [0, 0.05) is 49.7 Å². The number of rotatable bonds is 4. The van der Waals surface area contributed by atoms with E-state index in [9.17, 15) is 4.79 Å². The maximum Gasteiger partial charge on any atom is 0.251 e. The minimum absolute atomic E-state index is 0.0157. The van der Waals surface area contributed by atoms with Crippen molar-refractivity contribution in [1.82, 2.24) is 14.5 Å². The second-order valence-corrected chi connectivity index (χ2v) is 7.35. The number of ether oxygens (including phenoxy) is 1. The molecule has 0 unspecified atom stereocenters. The van der Waals surface area contributed by atoms with Crippen molar-refractivity contribution in [3.8, 4) is 0 Å². The van der Waals surface area contributed by atoms with Crippen LogP contribution in [0.2, 0.25) is 0 Å². The van der Waals surface area contributed by atoms with Crippen LogP contribution in [0.5, 0.6) is 0 Å². The lowest BCUT2D eigenvalue weighted by atomic mass is 10.0. The average molecular weight is 386 g/mol. The van der Waals surface area contributed by atoms with Crippen LogP contribution in [-0.2, 0) is 17.7 Å². The lowest BCUT2D eigenvalue weighted by molar-refractivity contribution is 0.122. The molecule has 3 aromatic rings. The number of anilines is 1. The molecular weight excluding hydrogens is 364 g/mol. The fourth-order valence-corrected chi connectivity index (χ4v) is 3.95. The van der Waals surface area contributed by atoms with Crippen LogP contribution in [0.15, 0.2) is 66.0 Å². The zero-order valence-corrected chi connectivity index (χ0v) is 16.1. The molecule has 0 spiro atoms. The van der Waals surface area contributed by atoms with E-state index in [4.69, 9.17) is 4.74 Å². The van der Waals surface area contributed by atoms with Crippen LogP contribution in [0.25, 0.3) is 5.57 Å². The third-order valence-corrected chi connectivity index (χ3v) is 5.50. The van der Waals surface area contributed by atoms with E-state index in [1.54, 1.807) is 23.0 Å². The first-order valence-corrected chi connectivity index (χ1v) is 9.90. The van der Waals surface area contributed by atoms with Crippen LogP contribution in [0.4, 0.5) is 5.69 Å². The summed E-state index contributed by atoms with van der Waals surface area (Å²) >= 11 is 0. The Kier molecular flexibility index (Phi) is 4.69. The van der Waals surface area contributed by atoms with Gasteiger partial charge in [-0.05, 0) is 34.9 Å². The number of pyridine rings is 3. The second kappa shape index (κ2) is 7.64. The van der Waals surface area contributed by atoms with Gasteiger partial charge in [-0.2, -0.15) is 0 Å². The number of morpholine rings is 1. The number of hydrogen-bond acceptors (Lipinski definition) is 5. The minimum atomic E-state index is -0.0157. The fourth-order valence-electron chi connectivity index (χ4n) is 3.95. The number of allylic oxidation sites excluding steroid dienone is 1. The molecule has 6 heteroatoms. The van der Waals surface area contributed by atoms with Gasteiger partial charge in [0.1, 0.15) is 0 Å². The minimum Gasteiger partial charge on any atom is -0.378 e. The van der Waals surface area contributed by atoms with E-state index in [2.05, 4.69) is 27.0 Å². The summed E-state index contributed by atoms with van der Waals surface area (Å²) in [5.41, 5.74) is 6.33. The first-order chi connectivity index (χ1) is 14.3. The zero-order chi connectivity index (χ0) is 19.6. The van der Waals surface area contributed by atoms with Crippen molar-refractivity contribution in [2.75, 3.05) is 31.2 Å². The van der Waals surface area contributed by atoms with E-state index < -0.39 is 0 Å². The highest BCUT2D eigenvalue weighted by atomic mass is 16.5. The van der Waals surface area contributed by atoms with Crippen molar-refractivity contribution < 1.29 is 4.74 Å². The van der Waals surface area contributed by atoms with Gasteiger partial charge in [0.2, 0.25) is 0 Å². The molecule has 6 nitrogen and oxygen atoms in total. The Morgan fingerprint density at radius 1 is 1.10 bits per heavy atom. The van der Waals surface area contributed by atoms with E-state index in [1.807, 2.05) is 30.6 Å². The summed E-state index contributed by atoms with van der Waals surface area (Å²) in [6.45, 7) is 3.77. The molecule has 0 radical (unpaired) electrons. The Bertz CT molecular complexity index is 1120. The molecule has 0 bridgehead atoms. The van der Waals surface area contributed by atoms with E-state index >= 15 is 0 Å². The van der Waals surface area contributed by atoms with Gasteiger partial charge in [-0.25, -0.2) is 0 Å². The standard InChI is InChI=1S/C23H22N4O2/c28-23-12-18(5-7-27(23)16-17-2-1-6-24-14-17)20-3-4-22-21(20)13-19(15-25-22)26-8-10-29-11-9-26/h1-3,5-7,12-15H,4,8-11,16H2. The van der Waals surface area contributed by atoms with Crippen molar-refractivity contribution >= 4 is 11.3 Å². The van der Waals surface area contributed by atoms with Gasteiger partial charge in [0.25, 0.3) is 5.56 Å². The molecule has 146 valence electrons. The molecule has 0 saturated carbocycles. The molecule has 2 aliphatic rings. The normalized spacial score (nSPS) is 15.9. The molecule has 5 rings (SSSR count). The molecule has 3 aromatic heterocycles. The highest BCUT2D eigenvalue weighted by molar-refractivity contribution is 5.85. The summed E-state index contributed by atoms with van der Waals surface area (Å²) in [5.74, 6) is 0. The van der Waals surface area contributed by atoms with Crippen molar-refractivity contribution in [2.24, 2.45) is 0 Å². The van der Waals surface area contributed by atoms with Crippen LogP contribution in [0.1, 0.15) is 22.4 Å². The summed E-state index contributed by atoms with van der Waals surface area (Å²) in [6, 6.07) is 9.79. The zero-order valence-electron chi connectivity index (χ0n) is 16.1. The summed E-state index contributed by atoms with van der Waals surface area (Å²) in [7, 11) is 0. The van der Waals surface area contributed by atoms with E-state index in [-0.39, 0.29) is 5.56 Å². The Balaban J connectivity index is 1.43. The third-order valence-electron chi connectivity index (χ3n) is 5.50. The Labute approximate surface area is 169 Å². The predicted octanol–water partition coefficient (Wildman–Crippen LogP) is 2.51. The molecule has 0 aromatic carbocycles. The molecule has 1 saturated heterocycles. The third kappa shape index (κ3) is 3.59. The molecule has 29 heavy (non-hydrogen) atoms. The van der Waals surface area contributed by atoms with Crippen LogP contribution >= 0.6 is 0 Å². The molecule has 1 aliphatic heterocycles. The van der Waals surface area contributed by atoms with Crippen LogP contribution < -0.4 is 10.5 Å². The Morgan fingerprint density at radius 3 is 2.79 bits per heavy atom. The van der Waals surface area contributed by atoms with E-state index in [0.717, 1.165) is 66.4 Å². The van der Waals surface area contributed by atoms with Gasteiger partial charge < -0.3 is 14.2 Å². The molecule has 0 atom stereocenters. The molecule has 0 N–H and O–H groups in total. The second-order valence-electron chi connectivity index (χ2n) is 7.35. The molecule has 4 heterocycles. The number of fused-ring (bicyclic) bond motifs is 1. The summed E-state index contributed by atoms with van der Waals surface area (Å²) in [4.78, 5) is 23.8. The van der Waals surface area contributed by atoms with Crippen molar-refractivity contribution in [3.05, 3.63) is 93.9 Å². The number of nitrogens with zero attached hydrogens (tertiary/aromatic N) is 4. The van der Waals surface area contributed by atoms with Crippen LogP contribution in [0, 0.1) is 0 Å². The van der Waals surface area contributed by atoms with Gasteiger partial charge in [-0.3, -0.25) is 14.8 Å². The summed E-state index contributed by atoms with van der Waals surface area (Å²) in [5, 5.41) is 0. The first-order valence-electron chi connectivity index (χ1n) is 9.90. The van der Waals surface area contributed by atoms with Gasteiger partial charge in [-0.15, -0.1) is 0 Å². The van der Waals surface area contributed by atoms with Crippen molar-refractivity contribution in [1.29, 1.82) is 0 Å². The molecule has 1 fully saturated rings. The number of hydrogen-bond donors (Lipinski definition) is 0. The monoisotopic (exact) mass is 386 g/mol. The quantitative estimate of drug-likeness (QED) is 0.690. The number of aromatic nitrogens is 3. The van der Waals surface area contributed by atoms with Crippen LogP contribution in [-0.4, -0.2) is 40.8 Å². The molecule has 0 amide bonds. The Hall–Kier alpha value is -3.25. The summed E-state index contributed by atoms with van der Waals surface area (Å²) in [6.07, 6.45) is 10.3. The Morgan fingerprint density at radius 2 is 2.00 bits per heavy atom. The van der Waals surface area contributed by atoms with Crippen LogP contribution in [0.3, 0.4) is 0 Å². The largest absolute Gasteiger partial charge is 0.378 e. The van der Waals surface area contributed by atoms with Gasteiger partial charge in [0.15, 0.2) is 0 Å². The van der Waals surface area contributed by atoms with Crippen molar-refractivity contribution in [2.45, 2.75) is 13.0 Å².